The lowest BCUT2D eigenvalue weighted by atomic mass is 10.2. The average molecular weight is 327 g/mol. The van der Waals surface area contributed by atoms with Crippen LogP contribution in [-0.2, 0) is 4.74 Å². The minimum absolute atomic E-state index is 0.322. The van der Waals surface area contributed by atoms with Crippen molar-refractivity contribution in [2.45, 2.75) is 13.8 Å². The molecule has 0 saturated heterocycles. The maximum absolute atomic E-state index is 12.4. The highest BCUT2D eigenvalue weighted by Gasteiger charge is 2.12. The quantitative estimate of drug-likeness (QED) is 0.826. The van der Waals surface area contributed by atoms with Crippen molar-refractivity contribution in [3.63, 3.8) is 0 Å². The molecule has 0 aliphatic heterocycles. The van der Waals surface area contributed by atoms with E-state index < -0.39 is 5.97 Å². The summed E-state index contributed by atoms with van der Waals surface area (Å²) in [6.45, 7) is 5.81. The molecule has 2 rings (SSSR count). The molecule has 1 amide bonds. The van der Waals surface area contributed by atoms with Gasteiger partial charge in [0.1, 0.15) is 5.69 Å². The normalized spacial score (nSPS) is 10.1. The lowest BCUT2D eigenvalue weighted by molar-refractivity contribution is 0.0600. The number of ether oxygens (including phenoxy) is 1. The van der Waals surface area contributed by atoms with Crippen LogP contribution in [0.4, 0.5) is 11.4 Å². The molecule has 1 heterocycles. The van der Waals surface area contributed by atoms with Crippen molar-refractivity contribution in [3.8, 4) is 0 Å². The van der Waals surface area contributed by atoms with E-state index in [2.05, 4.69) is 33.8 Å². The molecular formula is C18H21N3O3. The van der Waals surface area contributed by atoms with E-state index in [4.69, 9.17) is 0 Å². The Morgan fingerprint density at radius 3 is 2.58 bits per heavy atom. The number of esters is 1. The zero-order valence-electron chi connectivity index (χ0n) is 14.1. The molecule has 0 aliphatic rings. The lowest BCUT2D eigenvalue weighted by Gasteiger charge is -2.21. The van der Waals surface area contributed by atoms with Gasteiger partial charge < -0.3 is 15.0 Å². The molecule has 126 valence electrons. The molecule has 6 heteroatoms. The molecule has 1 N–H and O–H groups in total. The smallest absolute Gasteiger partial charge is 0.337 e. The van der Waals surface area contributed by atoms with Crippen LogP contribution < -0.4 is 10.2 Å². The third-order valence-corrected chi connectivity index (χ3v) is 3.65. The number of methoxy groups -OCH3 is 1. The summed E-state index contributed by atoms with van der Waals surface area (Å²) < 4.78 is 4.68. The third kappa shape index (κ3) is 4.10. The van der Waals surface area contributed by atoms with E-state index in [-0.39, 0.29) is 5.91 Å². The monoisotopic (exact) mass is 327 g/mol. The molecule has 1 aromatic heterocycles. The van der Waals surface area contributed by atoms with Crippen LogP contribution in [-0.4, -0.2) is 37.1 Å². The maximum atomic E-state index is 12.4. The maximum Gasteiger partial charge on any atom is 0.337 e. The molecule has 0 radical (unpaired) electrons. The standard InChI is InChI=1S/C18H21N3O3/c1-4-21(5-2)15-9-10-19-16(12-15)17(22)20-14-8-6-7-13(11-14)18(23)24-3/h6-12H,4-5H2,1-3H3,(H,20,22). The second kappa shape index (κ2) is 8.10. The summed E-state index contributed by atoms with van der Waals surface area (Å²) in [5, 5.41) is 2.75. The van der Waals surface area contributed by atoms with Crippen molar-refractivity contribution >= 4 is 23.3 Å². The molecule has 0 atom stereocenters. The van der Waals surface area contributed by atoms with Gasteiger partial charge in [0.2, 0.25) is 0 Å². The molecule has 0 aliphatic carbocycles. The average Bonchev–Trinajstić information content (AvgIpc) is 2.62. The van der Waals surface area contributed by atoms with Crippen molar-refractivity contribution in [1.82, 2.24) is 4.98 Å². The Morgan fingerprint density at radius 2 is 1.92 bits per heavy atom. The number of rotatable bonds is 6. The predicted molar refractivity (Wildman–Crippen MR) is 93.5 cm³/mol. The second-order valence-electron chi connectivity index (χ2n) is 5.10. The van der Waals surface area contributed by atoms with E-state index in [1.165, 1.54) is 7.11 Å². The summed E-state index contributed by atoms with van der Waals surface area (Å²) >= 11 is 0. The summed E-state index contributed by atoms with van der Waals surface area (Å²) in [7, 11) is 1.32. The van der Waals surface area contributed by atoms with Gasteiger partial charge in [0.15, 0.2) is 0 Å². The Labute approximate surface area is 141 Å². The molecule has 24 heavy (non-hydrogen) atoms. The number of benzene rings is 1. The number of nitrogens with one attached hydrogen (secondary N) is 1. The number of carbonyl (C=O) groups is 2. The molecule has 0 saturated carbocycles. The number of aromatic nitrogens is 1. The Bertz CT molecular complexity index is 727. The molecule has 2 aromatic rings. The largest absolute Gasteiger partial charge is 0.465 e. The van der Waals surface area contributed by atoms with Gasteiger partial charge in [0.05, 0.1) is 12.7 Å². The highest BCUT2D eigenvalue weighted by atomic mass is 16.5. The molecule has 0 fully saturated rings. The lowest BCUT2D eigenvalue weighted by Crippen LogP contribution is -2.23. The second-order valence-corrected chi connectivity index (χ2v) is 5.10. The van der Waals surface area contributed by atoms with E-state index in [0.717, 1.165) is 18.8 Å². The van der Waals surface area contributed by atoms with Gasteiger partial charge in [-0.05, 0) is 44.2 Å². The fraction of sp³-hybridized carbons (Fsp3) is 0.278. The van der Waals surface area contributed by atoms with Crippen LogP contribution in [0, 0.1) is 0 Å². The summed E-state index contributed by atoms with van der Waals surface area (Å²) in [5.74, 6) is -0.779. The fourth-order valence-electron chi connectivity index (χ4n) is 2.37. The van der Waals surface area contributed by atoms with E-state index in [1.807, 2.05) is 6.07 Å². The molecule has 0 unspecified atom stereocenters. The van der Waals surface area contributed by atoms with Crippen molar-refractivity contribution in [2.24, 2.45) is 0 Å². The number of nitrogens with zero attached hydrogens (tertiary/aromatic N) is 2. The molecule has 0 bridgehead atoms. The summed E-state index contributed by atoms with van der Waals surface area (Å²) in [4.78, 5) is 30.2. The van der Waals surface area contributed by atoms with Gasteiger partial charge >= 0.3 is 5.97 Å². The number of hydrogen-bond donors (Lipinski definition) is 1. The molecular weight excluding hydrogens is 306 g/mol. The van der Waals surface area contributed by atoms with Gasteiger partial charge in [0, 0.05) is 30.7 Å². The van der Waals surface area contributed by atoms with Gasteiger partial charge in [-0.3, -0.25) is 9.78 Å². The van der Waals surface area contributed by atoms with Gasteiger partial charge in [-0.25, -0.2) is 4.79 Å². The SMILES string of the molecule is CCN(CC)c1ccnc(C(=O)Nc2cccc(C(=O)OC)c2)c1. The minimum Gasteiger partial charge on any atom is -0.465 e. The van der Waals surface area contributed by atoms with Crippen LogP contribution in [0.3, 0.4) is 0 Å². The highest BCUT2D eigenvalue weighted by Crippen LogP contribution is 2.16. The first-order valence-electron chi connectivity index (χ1n) is 7.79. The third-order valence-electron chi connectivity index (χ3n) is 3.65. The Hall–Kier alpha value is -2.89. The highest BCUT2D eigenvalue weighted by molar-refractivity contribution is 6.04. The minimum atomic E-state index is -0.451. The van der Waals surface area contributed by atoms with Crippen molar-refractivity contribution in [3.05, 3.63) is 53.9 Å². The predicted octanol–water partition coefficient (Wildman–Crippen LogP) is 2.97. The van der Waals surface area contributed by atoms with E-state index in [0.29, 0.717) is 16.9 Å². The number of carbonyl (C=O) groups excluding carboxylic acids is 2. The van der Waals surface area contributed by atoms with Crippen LogP contribution >= 0.6 is 0 Å². The first kappa shape index (κ1) is 17.5. The van der Waals surface area contributed by atoms with Gasteiger partial charge in [-0.2, -0.15) is 0 Å². The summed E-state index contributed by atoms with van der Waals surface area (Å²) in [6, 6.07) is 10.2. The van der Waals surface area contributed by atoms with Crippen LogP contribution in [0.5, 0.6) is 0 Å². The number of hydrogen-bond acceptors (Lipinski definition) is 5. The zero-order valence-corrected chi connectivity index (χ0v) is 14.1. The molecule has 0 spiro atoms. The Balaban J connectivity index is 2.18. The van der Waals surface area contributed by atoms with Gasteiger partial charge in [0.25, 0.3) is 5.91 Å². The summed E-state index contributed by atoms with van der Waals surface area (Å²) in [6.07, 6.45) is 1.62. The Kier molecular flexibility index (Phi) is 5.89. The zero-order chi connectivity index (χ0) is 17.5. The molecule has 6 nitrogen and oxygen atoms in total. The number of amides is 1. The molecule has 1 aromatic carbocycles. The van der Waals surface area contributed by atoms with Gasteiger partial charge in [-0.15, -0.1) is 0 Å². The van der Waals surface area contributed by atoms with Crippen LogP contribution in [0.25, 0.3) is 0 Å². The first-order valence-corrected chi connectivity index (χ1v) is 7.79. The van der Waals surface area contributed by atoms with Crippen molar-refractivity contribution in [2.75, 3.05) is 30.4 Å². The van der Waals surface area contributed by atoms with Crippen molar-refractivity contribution in [1.29, 1.82) is 0 Å². The van der Waals surface area contributed by atoms with E-state index in [9.17, 15) is 9.59 Å². The first-order chi connectivity index (χ1) is 11.6. The number of anilines is 2. The summed E-state index contributed by atoms with van der Waals surface area (Å²) in [5.41, 5.74) is 2.16. The van der Waals surface area contributed by atoms with Gasteiger partial charge in [-0.1, -0.05) is 6.07 Å². The Morgan fingerprint density at radius 1 is 1.17 bits per heavy atom. The fourth-order valence-corrected chi connectivity index (χ4v) is 2.37. The van der Waals surface area contributed by atoms with E-state index in [1.54, 1.807) is 36.5 Å². The van der Waals surface area contributed by atoms with Crippen LogP contribution in [0.15, 0.2) is 42.6 Å². The number of pyridine rings is 1. The van der Waals surface area contributed by atoms with Crippen molar-refractivity contribution < 1.29 is 14.3 Å². The van der Waals surface area contributed by atoms with Crippen LogP contribution in [0.1, 0.15) is 34.7 Å². The topological polar surface area (TPSA) is 71.5 Å². The van der Waals surface area contributed by atoms with Crippen LogP contribution in [0.2, 0.25) is 0 Å². The van der Waals surface area contributed by atoms with E-state index >= 15 is 0 Å².